The first-order chi connectivity index (χ1) is 10.1. The average Bonchev–Trinajstić information content (AvgIpc) is 2.89. The Kier molecular flexibility index (Phi) is 3.53. The second-order valence-corrected chi connectivity index (χ2v) is 5.83. The number of aromatic nitrogens is 2. The minimum Gasteiger partial charge on any atom is -0.397 e. The molecule has 0 aliphatic rings. The van der Waals surface area contributed by atoms with Gasteiger partial charge in [0.15, 0.2) is 0 Å². The zero-order chi connectivity index (χ0) is 14.8. The Morgan fingerprint density at radius 2 is 2.10 bits per heavy atom. The smallest absolute Gasteiger partial charge is 0.272 e. The van der Waals surface area contributed by atoms with Crippen molar-refractivity contribution in [2.45, 2.75) is 6.54 Å². The number of hydrogen-bond acceptors (Lipinski definition) is 5. The first-order valence-electron chi connectivity index (χ1n) is 6.45. The maximum absolute atomic E-state index is 12.3. The summed E-state index contributed by atoms with van der Waals surface area (Å²) in [5.74, 6) is -0.144. The molecule has 21 heavy (non-hydrogen) atoms. The number of rotatable bonds is 3. The van der Waals surface area contributed by atoms with Crippen molar-refractivity contribution in [1.82, 2.24) is 14.9 Å². The van der Waals surface area contributed by atoms with Gasteiger partial charge in [0.05, 0.1) is 28.6 Å². The second-order valence-electron chi connectivity index (χ2n) is 4.71. The molecule has 0 aliphatic carbocycles. The Bertz CT molecular complexity index is 749. The SMILES string of the molecule is CN(Cc1nc2ccccc2s1)C(=O)c1ccc(N)cn1. The lowest BCUT2D eigenvalue weighted by molar-refractivity contribution is 0.0779. The molecular weight excluding hydrogens is 284 g/mol. The van der Waals surface area contributed by atoms with Crippen molar-refractivity contribution < 1.29 is 4.79 Å². The molecule has 0 fully saturated rings. The summed E-state index contributed by atoms with van der Waals surface area (Å²) in [7, 11) is 1.74. The number of pyridine rings is 1. The summed E-state index contributed by atoms with van der Waals surface area (Å²) in [6.45, 7) is 0.463. The summed E-state index contributed by atoms with van der Waals surface area (Å²) in [6.07, 6.45) is 1.48. The van der Waals surface area contributed by atoms with Gasteiger partial charge in [0.2, 0.25) is 0 Å². The van der Waals surface area contributed by atoms with Gasteiger partial charge in [-0.15, -0.1) is 11.3 Å². The van der Waals surface area contributed by atoms with E-state index in [-0.39, 0.29) is 5.91 Å². The van der Waals surface area contributed by atoms with E-state index in [1.165, 1.54) is 6.20 Å². The van der Waals surface area contributed by atoms with Crippen molar-refractivity contribution in [3.8, 4) is 0 Å². The van der Waals surface area contributed by atoms with Gasteiger partial charge < -0.3 is 10.6 Å². The van der Waals surface area contributed by atoms with E-state index in [9.17, 15) is 4.79 Å². The number of carbonyl (C=O) groups is 1. The highest BCUT2D eigenvalue weighted by Gasteiger charge is 2.15. The number of fused-ring (bicyclic) bond motifs is 1. The van der Waals surface area contributed by atoms with Crippen LogP contribution in [0.3, 0.4) is 0 Å². The van der Waals surface area contributed by atoms with E-state index in [2.05, 4.69) is 9.97 Å². The van der Waals surface area contributed by atoms with Crippen molar-refractivity contribution in [2.24, 2.45) is 0 Å². The summed E-state index contributed by atoms with van der Waals surface area (Å²) in [5.41, 5.74) is 7.46. The van der Waals surface area contributed by atoms with Crippen LogP contribution in [-0.4, -0.2) is 27.8 Å². The van der Waals surface area contributed by atoms with Gasteiger partial charge in [-0.05, 0) is 24.3 Å². The minimum absolute atomic E-state index is 0.144. The molecule has 1 amide bonds. The van der Waals surface area contributed by atoms with Crippen LogP contribution in [0.1, 0.15) is 15.5 Å². The number of benzene rings is 1. The molecule has 6 heteroatoms. The number of amides is 1. The maximum Gasteiger partial charge on any atom is 0.272 e. The quantitative estimate of drug-likeness (QED) is 0.806. The summed E-state index contributed by atoms with van der Waals surface area (Å²) in [4.78, 5) is 22.5. The number of nitrogens with two attached hydrogens (primary N) is 1. The maximum atomic E-state index is 12.3. The van der Waals surface area contributed by atoms with Crippen LogP contribution in [0.15, 0.2) is 42.6 Å². The van der Waals surface area contributed by atoms with Gasteiger partial charge in [-0.2, -0.15) is 0 Å². The molecule has 0 spiro atoms. The van der Waals surface area contributed by atoms with Gasteiger partial charge in [-0.1, -0.05) is 12.1 Å². The highest BCUT2D eigenvalue weighted by atomic mass is 32.1. The number of para-hydroxylation sites is 1. The molecule has 2 heterocycles. The molecule has 0 radical (unpaired) electrons. The number of thiazole rings is 1. The van der Waals surface area contributed by atoms with Crippen LogP contribution < -0.4 is 5.73 Å². The molecule has 2 aromatic heterocycles. The molecule has 2 N–H and O–H groups in total. The van der Waals surface area contributed by atoms with Crippen molar-refractivity contribution in [3.05, 3.63) is 53.3 Å². The predicted molar refractivity (Wildman–Crippen MR) is 84.1 cm³/mol. The summed E-state index contributed by atoms with van der Waals surface area (Å²) in [5, 5.41) is 0.905. The largest absolute Gasteiger partial charge is 0.397 e. The Morgan fingerprint density at radius 3 is 2.81 bits per heavy atom. The fourth-order valence-corrected chi connectivity index (χ4v) is 3.01. The summed E-state index contributed by atoms with van der Waals surface area (Å²) >= 11 is 1.60. The molecule has 3 aromatic rings. The fourth-order valence-electron chi connectivity index (χ4n) is 1.99. The molecule has 0 aliphatic heterocycles. The lowest BCUT2D eigenvalue weighted by Crippen LogP contribution is -2.26. The fraction of sp³-hybridized carbons (Fsp3) is 0.133. The highest BCUT2D eigenvalue weighted by Crippen LogP contribution is 2.22. The molecular formula is C15H14N4OS. The third kappa shape index (κ3) is 2.85. The van der Waals surface area contributed by atoms with E-state index in [4.69, 9.17) is 5.73 Å². The molecule has 0 bridgehead atoms. The van der Waals surface area contributed by atoms with E-state index in [1.807, 2.05) is 24.3 Å². The van der Waals surface area contributed by atoms with Crippen LogP contribution in [0.2, 0.25) is 0 Å². The van der Waals surface area contributed by atoms with Crippen LogP contribution >= 0.6 is 11.3 Å². The Morgan fingerprint density at radius 1 is 1.29 bits per heavy atom. The number of nitrogen functional groups attached to an aromatic ring is 1. The van der Waals surface area contributed by atoms with E-state index in [0.717, 1.165) is 15.2 Å². The van der Waals surface area contributed by atoms with Gasteiger partial charge >= 0.3 is 0 Å². The van der Waals surface area contributed by atoms with Crippen LogP contribution in [0.5, 0.6) is 0 Å². The molecule has 0 unspecified atom stereocenters. The standard InChI is InChI=1S/C15H14N4OS/c1-19(15(20)12-7-6-10(16)8-17-12)9-14-18-11-4-2-3-5-13(11)21-14/h2-8H,9,16H2,1H3. The molecule has 3 rings (SSSR count). The summed E-state index contributed by atoms with van der Waals surface area (Å²) < 4.78 is 1.12. The van der Waals surface area contributed by atoms with E-state index >= 15 is 0 Å². The van der Waals surface area contributed by atoms with Crippen molar-refractivity contribution in [1.29, 1.82) is 0 Å². The predicted octanol–water partition coefficient (Wildman–Crippen LogP) is 2.55. The van der Waals surface area contributed by atoms with Crippen molar-refractivity contribution in [3.63, 3.8) is 0 Å². The number of carbonyl (C=O) groups excluding carboxylic acids is 1. The molecule has 106 valence electrons. The number of anilines is 1. The molecule has 0 saturated heterocycles. The van der Waals surface area contributed by atoms with E-state index in [1.54, 1.807) is 35.4 Å². The third-order valence-corrected chi connectivity index (χ3v) is 4.08. The molecule has 5 nitrogen and oxygen atoms in total. The van der Waals surface area contributed by atoms with Gasteiger partial charge in [-0.25, -0.2) is 9.97 Å². The zero-order valence-corrected chi connectivity index (χ0v) is 12.3. The second kappa shape index (κ2) is 5.49. The zero-order valence-electron chi connectivity index (χ0n) is 11.5. The number of nitrogens with zero attached hydrogens (tertiary/aromatic N) is 3. The van der Waals surface area contributed by atoms with Crippen molar-refractivity contribution >= 4 is 33.1 Å². The monoisotopic (exact) mass is 298 g/mol. The normalized spacial score (nSPS) is 10.7. The van der Waals surface area contributed by atoms with Crippen molar-refractivity contribution in [2.75, 3.05) is 12.8 Å². The lowest BCUT2D eigenvalue weighted by atomic mass is 10.3. The Balaban J connectivity index is 1.77. The van der Waals surface area contributed by atoms with Crippen LogP contribution in [-0.2, 0) is 6.54 Å². The van der Waals surface area contributed by atoms with Gasteiger partial charge in [0.25, 0.3) is 5.91 Å². The lowest BCUT2D eigenvalue weighted by Gasteiger charge is -2.14. The van der Waals surface area contributed by atoms with Crippen LogP contribution in [0, 0.1) is 0 Å². The summed E-state index contributed by atoms with van der Waals surface area (Å²) in [6, 6.07) is 11.2. The van der Waals surface area contributed by atoms with Crippen LogP contribution in [0.25, 0.3) is 10.2 Å². The molecule has 0 atom stereocenters. The highest BCUT2D eigenvalue weighted by molar-refractivity contribution is 7.18. The minimum atomic E-state index is -0.144. The van der Waals surface area contributed by atoms with Crippen LogP contribution in [0.4, 0.5) is 5.69 Å². The Hall–Kier alpha value is -2.47. The third-order valence-electron chi connectivity index (χ3n) is 3.06. The first kappa shape index (κ1) is 13.5. The van der Waals surface area contributed by atoms with E-state index in [0.29, 0.717) is 17.9 Å². The van der Waals surface area contributed by atoms with Gasteiger partial charge in [0, 0.05) is 7.05 Å². The van der Waals surface area contributed by atoms with E-state index < -0.39 is 0 Å². The average molecular weight is 298 g/mol. The van der Waals surface area contributed by atoms with Gasteiger partial charge in [-0.3, -0.25) is 4.79 Å². The molecule has 0 saturated carbocycles. The topological polar surface area (TPSA) is 72.1 Å². The Labute approximate surface area is 126 Å². The molecule has 1 aromatic carbocycles. The number of hydrogen-bond donors (Lipinski definition) is 1. The van der Waals surface area contributed by atoms with Gasteiger partial charge in [0.1, 0.15) is 10.7 Å². The first-order valence-corrected chi connectivity index (χ1v) is 7.26.